The highest BCUT2D eigenvalue weighted by atomic mass is 79.9. The Kier molecular flexibility index (Phi) is 14.5. The molecule has 4 nitrogen and oxygen atoms in total. The Morgan fingerprint density at radius 3 is 2.56 bits per heavy atom. The van der Waals surface area contributed by atoms with Gasteiger partial charge in [-0.1, -0.05) is 72.3 Å². The van der Waals surface area contributed by atoms with Crippen LogP contribution in [-0.4, -0.2) is 47.0 Å². The summed E-state index contributed by atoms with van der Waals surface area (Å²) in [5, 5.41) is 14.5. The largest absolute Gasteiger partial charge is 0.378 e. The van der Waals surface area contributed by atoms with Crippen molar-refractivity contribution in [3.8, 4) is 0 Å². The number of nitrogens with one attached hydrogen (secondary N) is 1. The molecule has 0 spiro atoms. The summed E-state index contributed by atoms with van der Waals surface area (Å²) in [5.41, 5.74) is 1.06. The minimum Gasteiger partial charge on any atom is -0.378 e. The number of nitrogens with zero attached hydrogens (tertiary/aromatic N) is 2. The van der Waals surface area contributed by atoms with Gasteiger partial charge in [0.2, 0.25) is 0 Å². The van der Waals surface area contributed by atoms with Gasteiger partial charge in [-0.15, -0.1) is 13.2 Å². The van der Waals surface area contributed by atoms with E-state index in [9.17, 15) is 5.11 Å². The molecule has 3 unspecified atom stereocenters. The number of aliphatic imine (C=N–C) groups is 1. The first-order valence-electron chi connectivity index (χ1n) is 11.9. The fourth-order valence-electron chi connectivity index (χ4n) is 3.91. The van der Waals surface area contributed by atoms with Crippen molar-refractivity contribution >= 4 is 21.8 Å². The third-order valence-electron chi connectivity index (χ3n) is 5.75. The molecule has 1 rings (SSSR count). The van der Waals surface area contributed by atoms with Crippen LogP contribution in [0.1, 0.15) is 47.0 Å². The molecule has 0 saturated carbocycles. The van der Waals surface area contributed by atoms with Crippen molar-refractivity contribution in [1.29, 1.82) is 0 Å². The second-order valence-electron chi connectivity index (χ2n) is 8.91. The average molecular weight is 507 g/mol. The van der Waals surface area contributed by atoms with Crippen LogP contribution in [0.2, 0.25) is 0 Å². The van der Waals surface area contributed by atoms with Gasteiger partial charge in [0.25, 0.3) is 0 Å². The predicted octanol–water partition coefficient (Wildman–Crippen LogP) is 6.09. The zero-order valence-corrected chi connectivity index (χ0v) is 22.1. The summed E-state index contributed by atoms with van der Waals surface area (Å²) in [6.45, 7) is 18.8. The summed E-state index contributed by atoms with van der Waals surface area (Å²) < 4.78 is 0. The summed E-state index contributed by atoms with van der Waals surface area (Å²) in [7, 11) is 0. The molecule has 0 amide bonds. The van der Waals surface area contributed by atoms with Crippen LogP contribution in [0.25, 0.3) is 0 Å². The van der Waals surface area contributed by atoms with Crippen molar-refractivity contribution in [3.05, 3.63) is 61.4 Å². The van der Waals surface area contributed by atoms with Crippen LogP contribution in [0, 0.1) is 23.7 Å². The molecule has 0 saturated heterocycles. The molecule has 1 aliphatic rings. The molecule has 180 valence electrons. The van der Waals surface area contributed by atoms with E-state index in [4.69, 9.17) is 4.99 Å². The normalized spacial score (nSPS) is 21.7. The third kappa shape index (κ3) is 10.5. The summed E-state index contributed by atoms with van der Waals surface area (Å²) >= 11 is 3.46. The van der Waals surface area contributed by atoms with Crippen LogP contribution >= 0.6 is 15.9 Å². The lowest BCUT2D eigenvalue weighted by Gasteiger charge is -2.31. The highest BCUT2D eigenvalue weighted by Gasteiger charge is 2.23. The van der Waals surface area contributed by atoms with E-state index in [1.54, 1.807) is 0 Å². The first-order chi connectivity index (χ1) is 15.4. The molecule has 5 heteroatoms. The van der Waals surface area contributed by atoms with Gasteiger partial charge in [0.15, 0.2) is 0 Å². The van der Waals surface area contributed by atoms with E-state index in [-0.39, 0.29) is 11.8 Å². The lowest BCUT2D eigenvalue weighted by atomic mass is 9.87. The number of allylic oxidation sites excluding steroid dienone is 4. The van der Waals surface area contributed by atoms with Gasteiger partial charge >= 0.3 is 0 Å². The molecule has 1 aliphatic carbocycles. The summed E-state index contributed by atoms with van der Waals surface area (Å²) in [6, 6.07) is 0. The lowest BCUT2D eigenvalue weighted by Crippen LogP contribution is -2.39. The van der Waals surface area contributed by atoms with Crippen LogP contribution in [0.15, 0.2) is 66.4 Å². The molecule has 0 aromatic rings. The first kappa shape index (κ1) is 28.6. The van der Waals surface area contributed by atoms with Gasteiger partial charge in [-0.2, -0.15) is 0 Å². The Labute approximate surface area is 205 Å². The van der Waals surface area contributed by atoms with Crippen LogP contribution < -0.4 is 5.32 Å². The number of halogens is 1. The maximum Gasteiger partial charge on any atom is 0.111 e. The van der Waals surface area contributed by atoms with Crippen LogP contribution in [-0.2, 0) is 0 Å². The number of rotatable bonds is 14. The van der Waals surface area contributed by atoms with Crippen LogP contribution in [0.5, 0.6) is 0 Å². The zero-order chi connectivity index (χ0) is 23.9. The lowest BCUT2D eigenvalue weighted by molar-refractivity contribution is 0.0820. The molecule has 32 heavy (non-hydrogen) atoms. The van der Waals surface area contributed by atoms with Crippen molar-refractivity contribution in [3.63, 3.8) is 0 Å². The van der Waals surface area contributed by atoms with E-state index in [1.165, 1.54) is 0 Å². The van der Waals surface area contributed by atoms with Crippen LogP contribution in [0.3, 0.4) is 0 Å². The van der Waals surface area contributed by atoms with E-state index in [1.807, 2.05) is 19.1 Å². The van der Waals surface area contributed by atoms with E-state index in [0.717, 1.165) is 55.8 Å². The highest BCUT2D eigenvalue weighted by Crippen LogP contribution is 2.26. The van der Waals surface area contributed by atoms with Gasteiger partial charge in [0.1, 0.15) is 12.1 Å². The minimum absolute atomic E-state index is 0.183. The molecule has 0 radical (unpaired) electrons. The SMILES string of the molecule is C=CCC(/C=C\CBr)C(=C/C)/N=C(\C)N(CC=C)CC1C=C[C@@H](C(O)NCC(C)C)CC1. The van der Waals surface area contributed by atoms with Gasteiger partial charge in [-0.3, -0.25) is 5.32 Å². The first-order valence-corrected chi connectivity index (χ1v) is 13.0. The second kappa shape index (κ2) is 16.2. The van der Waals surface area contributed by atoms with Crippen molar-refractivity contribution in [1.82, 2.24) is 10.2 Å². The standard InChI is InChI=1S/C27H44BrN3O/c1-7-11-24(12-10-17-28)26(9-3)30-22(6)31(18-8-2)20-23-13-15-25(16-14-23)27(32)29-19-21(4)5/h7-10,12-13,15,21,23-25,27,29,32H,1-2,11,14,16-20H2,3-6H3/b12-10-,26-9-,30-22+/t23?,24?,25-,27?/m1/s1. The molecule has 0 fully saturated rings. The van der Waals surface area contributed by atoms with Crippen molar-refractivity contribution in [2.24, 2.45) is 28.7 Å². The maximum absolute atomic E-state index is 10.4. The second-order valence-corrected chi connectivity index (χ2v) is 9.56. The zero-order valence-electron chi connectivity index (χ0n) is 20.5. The number of amidine groups is 1. The molecule has 4 atom stereocenters. The van der Waals surface area contributed by atoms with Crippen LogP contribution in [0.4, 0.5) is 0 Å². The number of hydrogen-bond donors (Lipinski definition) is 2. The Hall–Kier alpha value is -1.43. The fraction of sp³-hybridized carbons (Fsp3) is 0.593. The average Bonchev–Trinajstić information content (AvgIpc) is 2.78. The minimum atomic E-state index is -0.464. The highest BCUT2D eigenvalue weighted by molar-refractivity contribution is 9.09. The smallest absolute Gasteiger partial charge is 0.111 e. The Morgan fingerprint density at radius 2 is 2.03 bits per heavy atom. The molecule has 0 aliphatic heterocycles. The summed E-state index contributed by atoms with van der Waals surface area (Å²) in [4.78, 5) is 7.31. The van der Waals surface area contributed by atoms with Gasteiger partial charge in [0, 0.05) is 36.0 Å². The van der Waals surface area contributed by atoms with Crippen molar-refractivity contribution in [2.75, 3.05) is 25.0 Å². The number of aliphatic hydroxyl groups excluding tert-OH is 1. The predicted molar refractivity (Wildman–Crippen MR) is 144 cm³/mol. The maximum atomic E-state index is 10.4. The van der Waals surface area contributed by atoms with Gasteiger partial charge in [0.05, 0.1) is 0 Å². The summed E-state index contributed by atoms with van der Waals surface area (Å²) in [6.07, 6.45) is 17.2. The topological polar surface area (TPSA) is 47.9 Å². The van der Waals surface area contributed by atoms with Crippen molar-refractivity contribution < 1.29 is 5.11 Å². The van der Waals surface area contributed by atoms with Gasteiger partial charge < -0.3 is 10.0 Å². The molecule has 0 aromatic heterocycles. The molecule has 0 aromatic carbocycles. The number of alkyl halides is 1. The fourth-order valence-corrected chi connectivity index (χ4v) is 4.13. The van der Waals surface area contributed by atoms with Gasteiger partial charge in [-0.25, -0.2) is 4.99 Å². The molecule has 0 bridgehead atoms. The van der Waals surface area contributed by atoms with E-state index < -0.39 is 6.23 Å². The molecule has 2 N–H and O–H groups in total. The van der Waals surface area contributed by atoms with E-state index in [0.29, 0.717) is 11.8 Å². The van der Waals surface area contributed by atoms with Gasteiger partial charge in [-0.05, 0) is 51.5 Å². The van der Waals surface area contributed by atoms with Crippen molar-refractivity contribution in [2.45, 2.75) is 53.2 Å². The Morgan fingerprint density at radius 1 is 1.28 bits per heavy atom. The number of hydrogen-bond acceptors (Lipinski definition) is 3. The van der Waals surface area contributed by atoms with E-state index >= 15 is 0 Å². The number of aliphatic hydroxyl groups is 1. The quantitative estimate of drug-likeness (QED) is 0.0986. The molecule has 0 heterocycles. The molecular formula is C27H44BrN3O. The molecular weight excluding hydrogens is 462 g/mol. The Balaban J connectivity index is 2.85. The Bertz CT molecular complexity index is 680. The van der Waals surface area contributed by atoms with E-state index in [2.05, 4.69) is 90.5 Å². The summed E-state index contributed by atoms with van der Waals surface area (Å²) in [5.74, 6) is 2.39. The monoisotopic (exact) mass is 505 g/mol. The third-order valence-corrected chi connectivity index (χ3v) is 6.12.